The molecule has 0 aromatic heterocycles. The Morgan fingerprint density at radius 2 is 0.889 bits per heavy atom. The van der Waals surface area contributed by atoms with Crippen LogP contribution in [0.25, 0.3) is 0 Å². The predicted octanol–water partition coefficient (Wildman–Crippen LogP) is 0.493. The lowest BCUT2D eigenvalue weighted by atomic mass is 10.3. The molecule has 0 unspecified atom stereocenters. The first kappa shape index (κ1) is 18.1. The molecule has 0 heterocycles. The maximum Gasteiger partial charge on any atom is 0.182 e. The van der Waals surface area contributed by atoms with E-state index in [1.165, 1.54) is 0 Å². The molecule has 0 aliphatic heterocycles. The van der Waals surface area contributed by atoms with Gasteiger partial charge in [0.05, 0.1) is 10.4 Å². The van der Waals surface area contributed by atoms with Gasteiger partial charge in [-0.05, 0) is 39.3 Å². The molecule has 5 heteroatoms. The van der Waals surface area contributed by atoms with Gasteiger partial charge in [-0.15, -0.1) is 0 Å². The average Bonchev–Trinajstić information content (AvgIpc) is 2.41. The van der Waals surface area contributed by atoms with Gasteiger partial charge < -0.3 is 4.98 Å². The van der Waals surface area contributed by atoms with Gasteiger partial charge >= 0.3 is 0 Å². The topological polar surface area (TPSA) is 21.8 Å². The molecule has 1 N–H and O–H groups in total. The Balaban J connectivity index is 5.55. The molecule has 18 heavy (non-hydrogen) atoms. The fourth-order valence-corrected chi connectivity index (χ4v) is 4.02. The van der Waals surface area contributed by atoms with Crippen molar-refractivity contribution in [2.24, 2.45) is 0 Å². The van der Waals surface area contributed by atoms with Crippen molar-refractivity contribution >= 4 is 10.4 Å². The van der Waals surface area contributed by atoms with Crippen molar-refractivity contribution < 1.29 is 0 Å². The highest BCUT2D eigenvalue weighted by Gasteiger charge is 2.42. The minimum absolute atomic E-state index is 0.0945. The summed E-state index contributed by atoms with van der Waals surface area (Å²) in [7, 11) is 0.992. The molecule has 0 rings (SSSR count). The summed E-state index contributed by atoms with van der Waals surface area (Å²) in [4.78, 5) is 11.4. The molecule has 0 amide bonds. The normalized spacial score (nSPS) is 13.2. The summed E-state index contributed by atoms with van der Waals surface area (Å²) in [5.74, 6) is -0.0945. The van der Waals surface area contributed by atoms with Crippen LogP contribution in [-0.4, -0.2) is 70.3 Å². The van der Waals surface area contributed by atoms with Crippen LogP contribution in [0.5, 0.6) is 0 Å². The van der Waals surface area contributed by atoms with E-state index in [-0.39, 0.29) is 5.91 Å². The van der Waals surface area contributed by atoms with Gasteiger partial charge in [-0.1, -0.05) is 41.5 Å². The molecule has 0 aliphatic carbocycles. The maximum absolute atomic E-state index is 3.74. The molecule has 0 aromatic carbocycles. The van der Waals surface area contributed by atoms with Gasteiger partial charge in [-0.2, -0.15) is 0 Å². The highest BCUT2D eigenvalue weighted by atomic mass is 28.2. The van der Waals surface area contributed by atoms with Crippen molar-refractivity contribution in [3.05, 3.63) is 0 Å². The van der Waals surface area contributed by atoms with Crippen LogP contribution < -0.4 is 4.98 Å². The molecule has 0 bridgehead atoms. The van der Waals surface area contributed by atoms with Crippen molar-refractivity contribution in [2.45, 2.75) is 47.5 Å². The Morgan fingerprint density at radius 1 is 0.667 bits per heavy atom. The third-order valence-electron chi connectivity index (χ3n) is 3.95. The van der Waals surface area contributed by atoms with Gasteiger partial charge in [0.15, 0.2) is 5.91 Å². The van der Waals surface area contributed by atoms with Crippen LogP contribution in [0.1, 0.15) is 41.5 Å². The highest BCUT2D eigenvalue weighted by molar-refractivity contribution is 6.04. The number of nitrogens with zero attached hydrogens (tertiary/aromatic N) is 3. The van der Waals surface area contributed by atoms with Crippen molar-refractivity contribution in [3.8, 4) is 0 Å². The van der Waals surface area contributed by atoms with Crippen LogP contribution in [0.3, 0.4) is 0 Å². The third-order valence-corrected chi connectivity index (χ3v) is 4.62. The zero-order valence-corrected chi connectivity index (χ0v) is 15.6. The second kappa shape index (κ2) is 9.04. The van der Waals surface area contributed by atoms with E-state index < -0.39 is 0 Å². The zero-order valence-electron chi connectivity index (χ0n) is 13.6. The number of hydrogen-bond donors (Lipinski definition) is 1. The maximum atomic E-state index is 3.74. The van der Waals surface area contributed by atoms with Gasteiger partial charge in [0, 0.05) is 0 Å². The lowest BCUT2D eigenvalue weighted by molar-refractivity contribution is -0.171. The summed E-state index contributed by atoms with van der Waals surface area (Å²) in [6.07, 6.45) is 0. The van der Waals surface area contributed by atoms with Crippen molar-refractivity contribution in [1.82, 2.24) is 19.7 Å². The Labute approximate surface area is 117 Å². The number of hydrogen-bond acceptors (Lipinski definition) is 4. The van der Waals surface area contributed by atoms with E-state index in [9.17, 15) is 0 Å². The Hall–Kier alpha value is 0.0569. The Morgan fingerprint density at radius 3 is 1.00 bits per heavy atom. The molecular weight excluding hydrogens is 240 g/mol. The van der Waals surface area contributed by atoms with E-state index in [1.54, 1.807) is 0 Å². The van der Waals surface area contributed by atoms with Gasteiger partial charge in [0.2, 0.25) is 0 Å². The molecule has 0 spiro atoms. The molecule has 0 aliphatic rings. The summed E-state index contributed by atoms with van der Waals surface area (Å²) in [5.41, 5.74) is 0. The van der Waals surface area contributed by atoms with Crippen LogP contribution in [0.2, 0.25) is 0 Å². The predicted molar refractivity (Wildman–Crippen MR) is 84.6 cm³/mol. The lowest BCUT2D eigenvalue weighted by Crippen LogP contribution is -2.76. The SMILES string of the molecule is CCN(CC)C(N[SiH3])(N(CC)CC)N(CC)CC. The molecule has 110 valence electrons. The van der Waals surface area contributed by atoms with E-state index >= 15 is 0 Å². The second-order valence-corrected chi connectivity index (χ2v) is 4.90. The molecule has 0 aromatic rings. The van der Waals surface area contributed by atoms with Crippen LogP contribution in [0.15, 0.2) is 0 Å². The van der Waals surface area contributed by atoms with Gasteiger partial charge in [0.25, 0.3) is 0 Å². The largest absolute Gasteiger partial charge is 0.304 e. The molecule has 0 fully saturated rings. The molecular formula is C13H34N4Si. The molecule has 0 saturated carbocycles. The fraction of sp³-hybridized carbons (Fsp3) is 1.00. The van der Waals surface area contributed by atoms with Gasteiger partial charge in [-0.25, -0.2) is 0 Å². The van der Waals surface area contributed by atoms with Crippen molar-refractivity contribution in [3.63, 3.8) is 0 Å². The minimum Gasteiger partial charge on any atom is -0.304 e. The molecule has 0 saturated heterocycles. The van der Waals surface area contributed by atoms with Crippen molar-refractivity contribution in [1.29, 1.82) is 0 Å². The molecule has 4 nitrogen and oxygen atoms in total. The zero-order chi connectivity index (χ0) is 14.2. The summed E-state index contributed by atoms with van der Waals surface area (Å²) in [6, 6.07) is 0. The molecule has 0 atom stereocenters. The summed E-state index contributed by atoms with van der Waals surface area (Å²) in [6.45, 7) is 19.9. The fourth-order valence-electron chi connectivity index (χ4n) is 3.07. The Bertz CT molecular complexity index is 170. The van der Waals surface area contributed by atoms with Crippen molar-refractivity contribution in [2.75, 3.05) is 39.3 Å². The smallest absolute Gasteiger partial charge is 0.182 e. The van der Waals surface area contributed by atoms with Gasteiger partial charge in [0.1, 0.15) is 0 Å². The van der Waals surface area contributed by atoms with Crippen LogP contribution in [0, 0.1) is 0 Å². The standard InChI is InChI=1S/C13H34N4Si/c1-7-15(8-2)13(14-18,16(9-3)10-4)17(11-5)12-6/h14H,7-12H2,1-6,18H3. The summed E-state index contributed by atoms with van der Waals surface area (Å²) in [5, 5.41) is 0. The lowest BCUT2D eigenvalue weighted by Gasteiger charge is -2.55. The Kier molecular flexibility index (Phi) is 9.07. The monoisotopic (exact) mass is 274 g/mol. The number of nitrogens with one attached hydrogen (secondary N) is 1. The number of rotatable bonds is 10. The molecule has 0 radical (unpaired) electrons. The van der Waals surface area contributed by atoms with E-state index in [0.29, 0.717) is 0 Å². The second-order valence-electron chi connectivity index (χ2n) is 4.40. The van der Waals surface area contributed by atoms with Crippen LogP contribution in [-0.2, 0) is 0 Å². The third kappa shape index (κ3) is 3.33. The van der Waals surface area contributed by atoms with E-state index in [2.05, 4.69) is 61.2 Å². The first-order chi connectivity index (χ1) is 8.62. The van der Waals surface area contributed by atoms with E-state index in [1.807, 2.05) is 0 Å². The highest BCUT2D eigenvalue weighted by Crippen LogP contribution is 2.22. The van der Waals surface area contributed by atoms with E-state index in [4.69, 9.17) is 0 Å². The first-order valence-corrected chi connectivity index (χ1v) is 8.56. The summed E-state index contributed by atoms with van der Waals surface area (Å²) >= 11 is 0. The first-order valence-electron chi connectivity index (χ1n) is 7.56. The minimum atomic E-state index is -0.0945. The van der Waals surface area contributed by atoms with E-state index in [0.717, 1.165) is 49.7 Å². The average molecular weight is 275 g/mol. The van der Waals surface area contributed by atoms with Crippen LogP contribution in [0.4, 0.5) is 0 Å². The van der Waals surface area contributed by atoms with Crippen LogP contribution >= 0.6 is 0 Å². The summed E-state index contributed by atoms with van der Waals surface area (Å²) < 4.78 is 0. The van der Waals surface area contributed by atoms with Gasteiger partial charge in [-0.3, -0.25) is 14.7 Å². The quantitative estimate of drug-likeness (QED) is 0.462.